The molecule has 0 radical (unpaired) electrons. The van der Waals surface area contributed by atoms with E-state index >= 15 is 0 Å². The summed E-state index contributed by atoms with van der Waals surface area (Å²) in [7, 11) is 0. The van der Waals surface area contributed by atoms with Crippen LogP contribution in [0.25, 0.3) is 93.2 Å². The maximum absolute atomic E-state index is 2.40. The van der Waals surface area contributed by atoms with E-state index < -0.39 is 0 Å². The highest BCUT2D eigenvalue weighted by atomic mass is 15.1. The molecule has 2 heteroatoms. The summed E-state index contributed by atoms with van der Waals surface area (Å²) < 4.78 is 2.40. The van der Waals surface area contributed by atoms with Crippen molar-refractivity contribution in [2.45, 2.75) is 0 Å². The van der Waals surface area contributed by atoms with Crippen LogP contribution in [0.4, 0.5) is 17.1 Å². The molecule has 0 saturated carbocycles. The first-order valence-electron chi connectivity index (χ1n) is 21.3. The van der Waals surface area contributed by atoms with Crippen LogP contribution in [-0.4, -0.2) is 4.57 Å². The second-order valence-electron chi connectivity index (χ2n) is 16.1. The number of benzene rings is 11. The molecule has 0 aliphatic heterocycles. The van der Waals surface area contributed by atoms with Gasteiger partial charge in [0.25, 0.3) is 0 Å². The van der Waals surface area contributed by atoms with E-state index in [1.54, 1.807) is 0 Å². The monoisotopic (exact) mass is 788 g/mol. The highest BCUT2D eigenvalue weighted by Crippen LogP contribution is 2.46. The van der Waals surface area contributed by atoms with E-state index in [9.17, 15) is 0 Å². The minimum atomic E-state index is 1.10. The Morgan fingerprint density at radius 3 is 1.48 bits per heavy atom. The Labute approximate surface area is 360 Å². The number of rotatable bonds is 7. The van der Waals surface area contributed by atoms with Crippen molar-refractivity contribution in [2.75, 3.05) is 4.90 Å². The van der Waals surface area contributed by atoms with Gasteiger partial charge < -0.3 is 9.47 Å². The fraction of sp³-hybridized carbons (Fsp3) is 0. The van der Waals surface area contributed by atoms with E-state index in [0.717, 1.165) is 22.7 Å². The smallest absolute Gasteiger partial charge is 0.0542 e. The number of fused-ring (bicyclic) bond motifs is 6. The quantitative estimate of drug-likeness (QED) is 0.146. The molecular formula is C60H40N2. The Balaban J connectivity index is 0.995. The van der Waals surface area contributed by atoms with Crippen molar-refractivity contribution in [1.82, 2.24) is 4.57 Å². The summed E-state index contributed by atoms with van der Waals surface area (Å²) in [5.41, 5.74) is 14.2. The second kappa shape index (κ2) is 14.8. The molecule has 1 aromatic heterocycles. The third-order valence-corrected chi connectivity index (χ3v) is 12.5. The average Bonchev–Trinajstić information content (AvgIpc) is 3.68. The summed E-state index contributed by atoms with van der Waals surface area (Å²) in [5, 5.41) is 9.95. The summed E-state index contributed by atoms with van der Waals surface area (Å²) in [6, 6.07) is 88.4. The van der Waals surface area contributed by atoms with Gasteiger partial charge in [0.2, 0.25) is 0 Å². The van der Waals surface area contributed by atoms with Gasteiger partial charge in [0.05, 0.1) is 11.0 Å². The van der Waals surface area contributed by atoms with Crippen molar-refractivity contribution < 1.29 is 0 Å². The third-order valence-electron chi connectivity index (χ3n) is 12.5. The highest BCUT2D eigenvalue weighted by molar-refractivity contribution is 6.22. The molecule has 1 heterocycles. The number of aromatic nitrogens is 1. The number of anilines is 3. The fourth-order valence-electron chi connectivity index (χ4n) is 9.71. The zero-order valence-electron chi connectivity index (χ0n) is 34.0. The van der Waals surface area contributed by atoms with Crippen LogP contribution >= 0.6 is 0 Å². The summed E-state index contributed by atoms with van der Waals surface area (Å²) in [5.74, 6) is 0. The molecule has 0 saturated heterocycles. The predicted octanol–water partition coefficient (Wildman–Crippen LogP) is 16.7. The van der Waals surface area contributed by atoms with Crippen molar-refractivity contribution in [3.8, 4) is 39.1 Å². The van der Waals surface area contributed by atoms with Gasteiger partial charge in [0, 0.05) is 33.5 Å². The Bertz CT molecular complexity index is 3610. The van der Waals surface area contributed by atoms with E-state index in [0.29, 0.717) is 0 Å². The van der Waals surface area contributed by atoms with Crippen LogP contribution in [0.15, 0.2) is 243 Å². The van der Waals surface area contributed by atoms with E-state index in [2.05, 4.69) is 252 Å². The predicted molar refractivity (Wildman–Crippen MR) is 264 cm³/mol. The lowest BCUT2D eigenvalue weighted by Crippen LogP contribution is -2.09. The van der Waals surface area contributed by atoms with Gasteiger partial charge in [0.1, 0.15) is 0 Å². The molecule has 0 atom stereocenters. The molecule has 0 spiro atoms. The molecule has 62 heavy (non-hydrogen) atoms. The number of hydrogen-bond donors (Lipinski definition) is 0. The van der Waals surface area contributed by atoms with Gasteiger partial charge in [0.15, 0.2) is 0 Å². The molecule has 0 aliphatic carbocycles. The first-order valence-corrected chi connectivity index (χ1v) is 21.3. The summed E-state index contributed by atoms with van der Waals surface area (Å²) in [4.78, 5) is 2.37. The van der Waals surface area contributed by atoms with E-state index in [-0.39, 0.29) is 0 Å². The van der Waals surface area contributed by atoms with Gasteiger partial charge in [-0.25, -0.2) is 0 Å². The maximum Gasteiger partial charge on any atom is 0.0542 e. The van der Waals surface area contributed by atoms with Crippen LogP contribution in [0.3, 0.4) is 0 Å². The topological polar surface area (TPSA) is 8.17 Å². The molecule has 0 unspecified atom stereocenters. The van der Waals surface area contributed by atoms with Gasteiger partial charge in [-0.05, 0) is 132 Å². The molecule has 11 aromatic carbocycles. The van der Waals surface area contributed by atoms with Crippen molar-refractivity contribution in [1.29, 1.82) is 0 Å². The van der Waals surface area contributed by atoms with Gasteiger partial charge in [-0.15, -0.1) is 0 Å². The minimum absolute atomic E-state index is 1.10. The van der Waals surface area contributed by atoms with Gasteiger partial charge in [-0.2, -0.15) is 0 Å². The first kappa shape index (κ1) is 35.7. The fourth-order valence-corrected chi connectivity index (χ4v) is 9.71. The molecule has 0 fully saturated rings. The molecular weight excluding hydrogens is 749 g/mol. The lowest BCUT2D eigenvalue weighted by Gasteiger charge is -2.26. The Morgan fingerprint density at radius 2 is 0.774 bits per heavy atom. The van der Waals surface area contributed by atoms with Crippen molar-refractivity contribution in [3.63, 3.8) is 0 Å². The Morgan fingerprint density at radius 1 is 0.258 bits per heavy atom. The Kier molecular flexibility index (Phi) is 8.53. The van der Waals surface area contributed by atoms with Crippen LogP contribution in [-0.2, 0) is 0 Å². The normalized spacial score (nSPS) is 11.5. The molecule has 2 nitrogen and oxygen atoms in total. The molecule has 0 bridgehead atoms. The van der Waals surface area contributed by atoms with E-state index in [1.807, 2.05) is 0 Å². The second-order valence-corrected chi connectivity index (χ2v) is 16.1. The largest absolute Gasteiger partial charge is 0.310 e. The van der Waals surface area contributed by atoms with Gasteiger partial charge in [-0.3, -0.25) is 0 Å². The van der Waals surface area contributed by atoms with Crippen molar-refractivity contribution >= 4 is 71.2 Å². The van der Waals surface area contributed by atoms with Crippen LogP contribution in [0.1, 0.15) is 0 Å². The SMILES string of the molecule is c1ccc(-c2c3ccccc3c(-c3ccccc3)c3cc(-c4ccc(N(c5ccccc5)c5ccc6c(c5)c5ccccc5n6-c5ccc6ccccc6c5)cc4)ccc23)cc1. The molecule has 0 N–H and O–H groups in total. The third kappa shape index (κ3) is 5.96. The van der Waals surface area contributed by atoms with Gasteiger partial charge >= 0.3 is 0 Å². The van der Waals surface area contributed by atoms with Crippen LogP contribution in [0.5, 0.6) is 0 Å². The van der Waals surface area contributed by atoms with Gasteiger partial charge in [-0.1, -0.05) is 176 Å². The zero-order chi connectivity index (χ0) is 41.0. The van der Waals surface area contributed by atoms with Crippen molar-refractivity contribution in [3.05, 3.63) is 243 Å². The summed E-state index contributed by atoms with van der Waals surface area (Å²) in [6.07, 6.45) is 0. The van der Waals surface area contributed by atoms with Crippen LogP contribution in [0, 0.1) is 0 Å². The maximum atomic E-state index is 2.40. The highest BCUT2D eigenvalue weighted by Gasteiger charge is 2.20. The van der Waals surface area contributed by atoms with E-state index in [1.165, 1.54) is 87.5 Å². The number of hydrogen-bond acceptors (Lipinski definition) is 1. The molecule has 290 valence electrons. The number of nitrogens with zero attached hydrogens (tertiary/aromatic N) is 2. The molecule has 12 rings (SSSR count). The zero-order valence-corrected chi connectivity index (χ0v) is 34.0. The molecule has 0 amide bonds. The first-order chi connectivity index (χ1) is 30.8. The molecule has 0 aliphatic rings. The lowest BCUT2D eigenvalue weighted by molar-refractivity contribution is 1.18. The van der Waals surface area contributed by atoms with E-state index in [4.69, 9.17) is 0 Å². The summed E-state index contributed by atoms with van der Waals surface area (Å²) >= 11 is 0. The Hall–Kier alpha value is -8.20. The van der Waals surface area contributed by atoms with Crippen molar-refractivity contribution in [2.24, 2.45) is 0 Å². The molecule has 12 aromatic rings. The standard InChI is InChI=1S/C60H40N2/c1-4-17-43(18-5-1)59-52-25-12-13-26-53(52)60(44-19-6-2-7-20-44)56-39-46(31-36-54(56)59)42-28-32-48(33-29-42)61(47-22-8-3-9-23-47)50-35-37-58-55(40-50)51-24-14-15-27-57(51)62(58)49-34-30-41-16-10-11-21-45(41)38-49/h1-40H. The van der Waals surface area contributed by atoms with Crippen LogP contribution < -0.4 is 4.90 Å². The minimum Gasteiger partial charge on any atom is -0.310 e. The lowest BCUT2D eigenvalue weighted by atomic mass is 9.85. The number of para-hydroxylation sites is 2. The summed E-state index contributed by atoms with van der Waals surface area (Å²) in [6.45, 7) is 0. The van der Waals surface area contributed by atoms with Crippen LogP contribution in [0.2, 0.25) is 0 Å². The average molecular weight is 789 g/mol.